The summed E-state index contributed by atoms with van der Waals surface area (Å²) in [5.74, 6) is 0.695. The molecule has 1 aliphatic carbocycles. The van der Waals surface area contributed by atoms with Crippen LogP contribution >= 0.6 is 0 Å². The highest BCUT2D eigenvalue weighted by atomic mass is 16.5. The second-order valence-corrected chi connectivity index (χ2v) is 7.11. The molecular weight excluding hydrogens is 382 g/mol. The van der Waals surface area contributed by atoms with Crippen molar-refractivity contribution in [3.63, 3.8) is 0 Å². The highest BCUT2D eigenvalue weighted by Gasteiger charge is 2.33. The van der Waals surface area contributed by atoms with Crippen LogP contribution in [0.1, 0.15) is 21.6 Å². The number of imidazole rings is 1. The molecule has 0 radical (unpaired) electrons. The molecule has 0 bridgehead atoms. The summed E-state index contributed by atoms with van der Waals surface area (Å²) in [6.07, 6.45) is 3.91. The summed E-state index contributed by atoms with van der Waals surface area (Å²) in [4.78, 5) is 34.2. The average Bonchev–Trinajstić information content (AvgIpc) is 3.40. The van der Waals surface area contributed by atoms with E-state index in [1.54, 1.807) is 35.3 Å². The minimum atomic E-state index is -0.219. The quantitative estimate of drug-likeness (QED) is 0.489. The van der Waals surface area contributed by atoms with Gasteiger partial charge in [-0.3, -0.25) is 9.59 Å². The van der Waals surface area contributed by atoms with Gasteiger partial charge in [0, 0.05) is 41.4 Å². The van der Waals surface area contributed by atoms with Crippen molar-refractivity contribution >= 4 is 16.6 Å². The third-order valence-electron chi connectivity index (χ3n) is 5.59. The summed E-state index contributed by atoms with van der Waals surface area (Å²) < 4.78 is 12.6. The molecule has 150 valence electrons. The Morgan fingerprint density at radius 2 is 1.83 bits per heavy atom. The molecule has 7 heteroatoms. The Bertz CT molecular complexity index is 1350. The predicted octanol–water partition coefficient (Wildman–Crippen LogP) is 3.20. The number of carbonyl (C=O) groups excluding carboxylic acids is 1. The number of aryl methyl sites for hydroxylation is 1. The summed E-state index contributed by atoms with van der Waals surface area (Å²) in [6.45, 7) is 0.390. The van der Waals surface area contributed by atoms with E-state index >= 15 is 0 Å². The molecule has 4 aromatic rings. The second-order valence-electron chi connectivity index (χ2n) is 7.11. The van der Waals surface area contributed by atoms with Crippen LogP contribution in [0, 0.1) is 0 Å². The number of benzene rings is 2. The van der Waals surface area contributed by atoms with Crippen LogP contribution in [0.2, 0.25) is 0 Å². The van der Waals surface area contributed by atoms with E-state index in [-0.39, 0.29) is 11.3 Å². The van der Waals surface area contributed by atoms with Crippen molar-refractivity contribution in [3.8, 4) is 22.8 Å². The van der Waals surface area contributed by atoms with Gasteiger partial charge in [-0.2, -0.15) is 0 Å². The Kier molecular flexibility index (Phi) is 4.17. The molecule has 1 N–H and O–H groups in total. The minimum absolute atomic E-state index is 0.0897. The van der Waals surface area contributed by atoms with Gasteiger partial charge < -0.3 is 19.0 Å². The van der Waals surface area contributed by atoms with Gasteiger partial charge in [0.15, 0.2) is 17.3 Å². The molecule has 0 spiro atoms. The maximum atomic E-state index is 13.7. The fourth-order valence-corrected chi connectivity index (χ4v) is 4.25. The summed E-state index contributed by atoms with van der Waals surface area (Å²) >= 11 is 0. The summed E-state index contributed by atoms with van der Waals surface area (Å²) in [5.41, 5.74) is 3.24. The summed E-state index contributed by atoms with van der Waals surface area (Å²) in [5, 5.41) is 0.924. The molecule has 7 nitrogen and oxygen atoms in total. The van der Waals surface area contributed by atoms with E-state index < -0.39 is 0 Å². The molecule has 2 heterocycles. The number of aromatic amines is 1. The number of aromatic nitrogens is 3. The molecular formula is C23H19N3O4. The van der Waals surface area contributed by atoms with E-state index in [2.05, 4.69) is 9.97 Å². The van der Waals surface area contributed by atoms with E-state index in [0.717, 1.165) is 11.3 Å². The molecule has 30 heavy (non-hydrogen) atoms. The lowest BCUT2D eigenvalue weighted by molar-refractivity contribution is 0.104. The number of ether oxygens (including phenoxy) is 2. The first-order chi connectivity index (χ1) is 14.7. The Morgan fingerprint density at radius 1 is 1.03 bits per heavy atom. The number of hydrogen-bond acceptors (Lipinski definition) is 5. The molecule has 0 fully saturated rings. The van der Waals surface area contributed by atoms with E-state index in [1.807, 2.05) is 18.2 Å². The summed E-state index contributed by atoms with van der Waals surface area (Å²) in [6, 6.07) is 10.9. The van der Waals surface area contributed by atoms with Crippen molar-refractivity contribution in [2.24, 2.45) is 0 Å². The number of hydrogen-bond donors (Lipinski definition) is 1. The van der Waals surface area contributed by atoms with Gasteiger partial charge in [0.2, 0.25) is 0 Å². The van der Waals surface area contributed by atoms with Gasteiger partial charge in [0.1, 0.15) is 0 Å². The minimum Gasteiger partial charge on any atom is -0.493 e. The first-order valence-electron chi connectivity index (χ1n) is 9.58. The highest BCUT2D eigenvalue weighted by Crippen LogP contribution is 2.43. The fraction of sp³-hybridized carbons (Fsp3) is 0.174. The molecule has 0 saturated carbocycles. The lowest BCUT2D eigenvalue weighted by Crippen LogP contribution is -2.25. The molecule has 5 rings (SSSR count). The molecule has 0 amide bonds. The number of ketones is 1. The fourth-order valence-electron chi connectivity index (χ4n) is 4.25. The first-order valence-corrected chi connectivity index (χ1v) is 9.58. The Labute approximate surface area is 171 Å². The molecule has 0 unspecified atom stereocenters. The van der Waals surface area contributed by atoms with Crippen molar-refractivity contribution in [3.05, 3.63) is 76.1 Å². The van der Waals surface area contributed by atoms with Gasteiger partial charge in [-0.05, 0) is 12.1 Å². The number of carbonyl (C=O) groups is 1. The second kappa shape index (κ2) is 6.88. The third-order valence-corrected chi connectivity index (χ3v) is 5.59. The monoisotopic (exact) mass is 401 g/mol. The smallest absolute Gasteiger partial charge is 0.262 e. The van der Waals surface area contributed by atoms with Crippen LogP contribution in [0.25, 0.3) is 22.0 Å². The average molecular weight is 401 g/mol. The van der Waals surface area contributed by atoms with Crippen molar-refractivity contribution in [2.45, 2.75) is 13.0 Å². The Hall–Kier alpha value is -3.87. The lowest BCUT2D eigenvalue weighted by Gasteiger charge is -2.17. The van der Waals surface area contributed by atoms with E-state index in [0.29, 0.717) is 52.1 Å². The standard InChI is InChI=1S/C23H19N3O4/c1-29-17-8-7-16-18-20(14-5-3-4-6-15(14)21(18)27)26(10-9-13-11-24-12-25-13)23(28)19(16)22(17)30-2/h3-8,11-12H,9-10H2,1-2H3,(H,24,25). The van der Waals surface area contributed by atoms with Gasteiger partial charge in [-0.25, -0.2) is 4.98 Å². The van der Waals surface area contributed by atoms with Crippen molar-refractivity contribution in [1.29, 1.82) is 0 Å². The number of nitrogens with zero attached hydrogens (tertiary/aromatic N) is 2. The Balaban J connectivity index is 1.86. The maximum absolute atomic E-state index is 13.7. The topological polar surface area (TPSA) is 86.2 Å². The van der Waals surface area contributed by atoms with Gasteiger partial charge in [-0.1, -0.05) is 24.3 Å². The largest absolute Gasteiger partial charge is 0.493 e. The Morgan fingerprint density at radius 3 is 2.53 bits per heavy atom. The zero-order chi connectivity index (χ0) is 20.8. The lowest BCUT2D eigenvalue weighted by atomic mass is 10.0. The van der Waals surface area contributed by atoms with E-state index in [1.165, 1.54) is 14.2 Å². The molecule has 2 aromatic carbocycles. The number of pyridine rings is 1. The molecule has 2 aromatic heterocycles. The van der Waals surface area contributed by atoms with Crippen LogP contribution in [0.15, 0.2) is 53.7 Å². The van der Waals surface area contributed by atoms with Crippen molar-refractivity contribution < 1.29 is 14.3 Å². The SMILES string of the molecule is COc1ccc2c3c(n(CCc4cnc[nH]4)c(=O)c2c1OC)-c1ccccc1C3=O. The zero-order valence-corrected chi connectivity index (χ0v) is 16.6. The van der Waals surface area contributed by atoms with Gasteiger partial charge in [0.05, 0.1) is 37.2 Å². The van der Waals surface area contributed by atoms with Crippen molar-refractivity contribution in [2.75, 3.05) is 14.2 Å². The molecule has 0 saturated heterocycles. The highest BCUT2D eigenvalue weighted by molar-refractivity contribution is 6.27. The van der Waals surface area contributed by atoms with Crippen LogP contribution in [0.5, 0.6) is 11.5 Å². The number of rotatable bonds is 5. The predicted molar refractivity (Wildman–Crippen MR) is 112 cm³/mol. The first kappa shape index (κ1) is 18.2. The number of nitrogens with one attached hydrogen (secondary N) is 1. The van der Waals surface area contributed by atoms with Gasteiger partial charge in [0.25, 0.3) is 5.56 Å². The maximum Gasteiger partial charge on any atom is 0.262 e. The molecule has 1 aliphatic rings. The zero-order valence-electron chi connectivity index (χ0n) is 16.6. The van der Waals surface area contributed by atoms with Gasteiger partial charge >= 0.3 is 0 Å². The number of fused-ring (bicyclic) bond motifs is 5. The van der Waals surface area contributed by atoms with Gasteiger partial charge in [-0.15, -0.1) is 0 Å². The molecule has 0 aliphatic heterocycles. The van der Waals surface area contributed by atoms with E-state index in [9.17, 15) is 9.59 Å². The number of methoxy groups -OCH3 is 2. The molecule has 0 atom stereocenters. The summed E-state index contributed by atoms with van der Waals surface area (Å²) in [7, 11) is 3.02. The van der Waals surface area contributed by atoms with Crippen LogP contribution in [-0.4, -0.2) is 34.5 Å². The van der Waals surface area contributed by atoms with E-state index in [4.69, 9.17) is 9.47 Å². The van der Waals surface area contributed by atoms with Crippen LogP contribution in [0.3, 0.4) is 0 Å². The third kappa shape index (κ3) is 2.48. The van der Waals surface area contributed by atoms with Crippen LogP contribution in [0.4, 0.5) is 0 Å². The van der Waals surface area contributed by atoms with Crippen molar-refractivity contribution in [1.82, 2.24) is 14.5 Å². The normalized spacial score (nSPS) is 12.1. The number of H-pyrrole nitrogens is 1. The van der Waals surface area contributed by atoms with Crippen LogP contribution < -0.4 is 15.0 Å². The van der Waals surface area contributed by atoms with Crippen LogP contribution in [-0.2, 0) is 13.0 Å².